The van der Waals surface area contributed by atoms with Crippen LogP contribution in [0.4, 0.5) is 5.69 Å². The molecule has 1 aliphatic rings. The van der Waals surface area contributed by atoms with E-state index < -0.39 is 0 Å². The lowest BCUT2D eigenvalue weighted by Crippen LogP contribution is -2.34. The quantitative estimate of drug-likeness (QED) is 0.304. The minimum Gasteiger partial charge on any atom is -0.349 e. The molecule has 35 heavy (non-hydrogen) atoms. The minimum absolute atomic E-state index is 0.0288. The topological polar surface area (TPSA) is 86.9 Å². The molecule has 4 aromatic rings. The second-order valence-electron chi connectivity index (χ2n) is 9.38. The van der Waals surface area contributed by atoms with Crippen molar-refractivity contribution in [1.29, 1.82) is 0 Å². The summed E-state index contributed by atoms with van der Waals surface area (Å²) < 4.78 is 0. The van der Waals surface area contributed by atoms with Gasteiger partial charge in [-0.05, 0) is 62.2 Å². The molecule has 3 N–H and O–H groups in total. The predicted molar refractivity (Wildman–Crippen MR) is 140 cm³/mol. The first kappa shape index (κ1) is 22.8. The van der Waals surface area contributed by atoms with Gasteiger partial charge in [0.25, 0.3) is 11.8 Å². The van der Waals surface area contributed by atoms with Crippen molar-refractivity contribution < 1.29 is 9.59 Å². The lowest BCUT2D eigenvalue weighted by Gasteiger charge is -2.16. The molecule has 0 bridgehead atoms. The van der Waals surface area contributed by atoms with Crippen molar-refractivity contribution in [2.24, 2.45) is 0 Å². The molecule has 1 saturated carbocycles. The van der Waals surface area contributed by atoms with Gasteiger partial charge >= 0.3 is 0 Å². The first-order valence-corrected chi connectivity index (χ1v) is 12.3. The van der Waals surface area contributed by atoms with Gasteiger partial charge in [0.2, 0.25) is 0 Å². The standard InChI is InChI=1S/C29H30N4O2/c1-19-8-15-24(16-9-19)31-28(34)21-12-10-20(11-13-21)27-32-25-17-14-22(18-26(25)33-27)29(35)30-23-6-4-2-3-5-7-23/h8-18,23H,2-7H2,1H3,(H,30,35)(H,31,34)(H,32,33). The molecule has 1 heterocycles. The highest BCUT2D eigenvalue weighted by Crippen LogP contribution is 2.23. The average Bonchev–Trinajstić information content (AvgIpc) is 3.14. The van der Waals surface area contributed by atoms with Gasteiger partial charge in [-0.15, -0.1) is 0 Å². The highest BCUT2D eigenvalue weighted by molar-refractivity contribution is 6.04. The highest BCUT2D eigenvalue weighted by atomic mass is 16.2. The smallest absolute Gasteiger partial charge is 0.255 e. The van der Waals surface area contributed by atoms with Crippen LogP contribution in [0.25, 0.3) is 22.4 Å². The van der Waals surface area contributed by atoms with Crippen LogP contribution in [0.2, 0.25) is 0 Å². The molecule has 0 unspecified atom stereocenters. The SMILES string of the molecule is Cc1ccc(NC(=O)c2ccc(-c3nc4ccc(C(=O)NC5CCCCCC5)cc4[nH]3)cc2)cc1. The van der Waals surface area contributed by atoms with Crippen LogP contribution in [0.1, 0.15) is 64.8 Å². The maximum Gasteiger partial charge on any atom is 0.255 e. The number of aryl methyl sites for hydroxylation is 1. The molecule has 0 radical (unpaired) electrons. The Kier molecular flexibility index (Phi) is 6.62. The number of nitrogens with one attached hydrogen (secondary N) is 3. The summed E-state index contributed by atoms with van der Waals surface area (Å²) in [5.74, 6) is 0.514. The molecule has 2 amide bonds. The zero-order valence-electron chi connectivity index (χ0n) is 19.9. The number of aromatic amines is 1. The number of fused-ring (bicyclic) bond motifs is 1. The molecule has 6 heteroatoms. The van der Waals surface area contributed by atoms with Crippen LogP contribution in [0.5, 0.6) is 0 Å². The first-order chi connectivity index (χ1) is 17.0. The van der Waals surface area contributed by atoms with Crippen molar-refractivity contribution >= 4 is 28.5 Å². The van der Waals surface area contributed by atoms with E-state index in [4.69, 9.17) is 0 Å². The van der Waals surface area contributed by atoms with Crippen molar-refractivity contribution in [3.05, 3.63) is 83.4 Å². The molecule has 3 aromatic carbocycles. The molecular weight excluding hydrogens is 436 g/mol. The number of carbonyl (C=O) groups excluding carboxylic acids is 2. The zero-order chi connectivity index (χ0) is 24.2. The number of benzene rings is 3. The molecule has 0 atom stereocenters. The van der Waals surface area contributed by atoms with E-state index in [1.807, 2.05) is 61.5 Å². The zero-order valence-corrected chi connectivity index (χ0v) is 19.9. The predicted octanol–water partition coefficient (Wildman–Crippen LogP) is 6.24. The maximum absolute atomic E-state index is 12.8. The van der Waals surface area contributed by atoms with Crippen molar-refractivity contribution in [1.82, 2.24) is 15.3 Å². The Hall–Kier alpha value is -3.93. The Labute approximate surface area is 205 Å². The summed E-state index contributed by atoms with van der Waals surface area (Å²) in [6.45, 7) is 2.01. The fourth-order valence-electron chi connectivity index (χ4n) is 4.60. The Morgan fingerprint density at radius 2 is 1.51 bits per heavy atom. The Balaban J connectivity index is 1.28. The van der Waals surface area contributed by atoms with Crippen LogP contribution in [0.15, 0.2) is 66.7 Å². The first-order valence-electron chi connectivity index (χ1n) is 12.3. The number of imidazole rings is 1. The highest BCUT2D eigenvalue weighted by Gasteiger charge is 2.17. The van der Waals surface area contributed by atoms with Gasteiger partial charge in [-0.25, -0.2) is 4.98 Å². The average molecular weight is 467 g/mol. The van der Waals surface area contributed by atoms with Gasteiger partial charge in [-0.1, -0.05) is 55.5 Å². The molecule has 5 rings (SSSR count). The van der Waals surface area contributed by atoms with E-state index in [2.05, 4.69) is 20.6 Å². The Morgan fingerprint density at radius 1 is 0.829 bits per heavy atom. The van der Waals surface area contributed by atoms with Crippen LogP contribution in [0.3, 0.4) is 0 Å². The van der Waals surface area contributed by atoms with Gasteiger partial charge in [0.1, 0.15) is 5.82 Å². The summed E-state index contributed by atoms with van der Waals surface area (Å²) in [6.07, 6.45) is 6.99. The van der Waals surface area contributed by atoms with Crippen LogP contribution in [-0.4, -0.2) is 27.8 Å². The second kappa shape index (κ2) is 10.1. The normalized spacial score (nSPS) is 14.4. The number of amides is 2. The second-order valence-corrected chi connectivity index (χ2v) is 9.38. The molecule has 6 nitrogen and oxygen atoms in total. The van der Waals surface area contributed by atoms with Crippen LogP contribution in [0, 0.1) is 6.92 Å². The fraction of sp³-hybridized carbons (Fsp3) is 0.276. The molecular formula is C29H30N4O2. The van der Waals surface area contributed by atoms with Crippen molar-refractivity contribution in [3.63, 3.8) is 0 Å². The third-order valence-electron chi connectivity index (χ3n) is 6.66. The van der Waals surface area contributed by atoms with Gasteiger partial charge in [0.05, 0.1) is 11.0 Å². The molecule has 1 aliphatic carbocycles. The van der Waals surface area contributed by atoms with E-state index in [0.717, 1.165) is 40.7 Å². The van der Waals surface area contributed by atoms with E-state index in [0.29, 0.717) is 17.0 Å². The van der Waals surface area contributed by atoms with E-state index >= 15 is 0 Å². The van der Waals surface area contributed by atoms with E-state index in [1.165, 1.54) is 25.7 Å². The maximum atomic E-state index is 12.8. The van der Waals surface area contributed by atoms with Gasteiger partial charge in [0.15, 0.2) is 0 Å². The molecule has 0 spiro atoms. The van der Waals surface area contributed by atoms with E-state index in [9.17, 15) is 9.59 Å². The van der Waals surface area contributed by atoms with Crippen molar-refractivity contribution in [2.75, 3.05) is 5.32 Å². The number of aromatic nitrogens is 2. The summed E-state index contributed by atoms with van der Waals surface area (Å²) in [4.78, 5) is 33.4. The Bertz CT molecular complexity index is 1330. The lowest BCUT2D eigenvalue weighted by atomic mass is 10.1. The number of carbonyl (C=O) groups is 2. The summed E-state index contributed by atoms with van der Waals surface area (Å²) >= 11 is 0. The number of nitrogens with zero attached hydrogens (tertiary/aromatic N) is 1. The summed E-state index contributed by atoms with van der Waals surface area (Å²) in [6, 6.07) is 20.9. The Morgan fingerprint density at radius 3 is 2.23 bits per heavy atom. The van der Waals surface area contributed by atoms with Crippen molar-refractivity contribution in [3.8, 4) is 11.4 Å². The number of hydrogen-bond acceptors (Lipinski definition) is 3. The van der Waals surface area contributed by atoms with Gasteiger partial charge < -0.3 is 15.6 Å². The molecule has 178 valence electrons. The summed E-state index contributed by atoms with van der Waals surface area (Å²) in [7, 11) is 0. The number of rotatable bonds is 5. The van der Waals surface area contributed by atoms with Crippen molar-refractivity contribution in [2.45, 2.75) is 51.5 Å². The fourth-order valence-corrected chi connectivity index (χ4v) is 4.60. The number of H-pyrrole nitrogens is 1. The molecule has 0 saturated heterocycles. The van der Waals surface area contributed by atoms with Crippen LogP contribution in [-0.2, 0) is 0 Å². The van der Waals surface area contributed by atoms with E-state index in [-0.39, 0.29) is 17.9 Å². The monoisotopic (exact) mass is 466 g/mol. The van der Waals surface area contributed by atoms with Gasteiger partial charge in [0, 0.05) is 28.4 Å². The van der Waals surface area contributed by atoms with Gasteiger partial charge in [-0.2, -0.15) is 0 Å². The van der Waals surface area contributed by atoms with Crippen LogP contribution >= 0.6 is 0 Å². The number of hydrogen-bond donors (Lipinski definition) is 3. The molecule has 1 aromatic heterocycles. The largest absolute Gasteiger partial charge is 0.349 e. The number of anilines is 1. The summed E-state index contributed by atoms with van der Waals surface area (Å²) in [5, 5.41) is 6.12. The molecule has 1 fully saturated rings. The molecule has 0 aliphatic heterocycles. The lowest BCUT2D eigenvalue weighted by molar-refractivity contribution is 0.0932. The van der Waals surface area contributed by atoms with Gasteiger partial charge in [-0.3, -0.25) is 9.59 Å². The third kappa shape index (κ3) is 5.43. The van der Waals surface area contributed by atoms with E-state index in [1.54, 1.807) is 12.1 Å². The van der Waals surface area contributed by atoms with Crippen LogP contribution < -0.4 is 10.6 Å². The summed E-state index contributed by atoms with van der Waals surface area (Å²) in [5.41, 5.74) is 5.61. The minimum atomic E-state index is -0.158. The third-order valence-corrected chi connectivity index (χ3v) is 6.66.